The van der Waals surface area contributed by atoms with Gasteiger partial charge in [0.2, 0.25) is 0 Å². The van der Waals surface area contributed by atoms with Crippen molar-refractivity contribution in [2.45, 2.75) is 19.4 Å². The van der Waals surface area contributed by atoms with E-state index in [4.69, 9.17) is 19.9 Å². The number of nitrogens with two attached hydrogens (primary N) is 1. The van der Waals surface area contributed by atoms with Gasteiger partial charge in [0.25, 0.3) is 7.57 Å². The monoisotopic (exact) mass is 225 g/mol. The Morgan fingerprint density at radius 1 is 1.71 bits per heavy atom. The summed E-state index contributed by atoms with van der Waals surface area (Å²) in [7, 11) is -1.71. The van der Waals surface area contributed by atoms with E-state index in [0.29, 0.717) is 6.42 Å². The maximum Gasteiger partial charge on any atom is 0.322 e. The first-order valence-electron chi connectivity index (χ1n) is 4.09. The molecular weight excluding hydrogens is 209 g/mol. The van der Waals surface area contributed by atoms with Crippen molar-refractivity contribution in [1.29, 1.82) is 0 Å². The predicted octanol–water partition coefficient (Wildman–Crippen LogP) is 0.0284. The molecule has 0 amide bonds. The number of carboxylic acid groups (broad SMARTS) is 1. The molecule has 0 rings (SSSR count). The Hall–Kier alpha value is -0.390. The molecule has 0 aliphatic heterocycles. The second-order valence-electron chi connectivity index (χ2n) is 2.58. The largest absolute Gasteiger partial charge is 0.480 e. The number of rotatable bonds is 6. The Balaban J connectivity index is 4.22. The fraction of sp³-hybridized carbons (Fsp3) is 0.714. The molecule has 0 radical (unpaired) electrons. The van der Waals surface area contributed by atoms with Crippen molar-refractivity contribution >= 4 is 19.3 Å². The molecule has 0 heterocycles. The van der Waals surface area contributed by atoms with Crippen molar-refractivity contribution in [3.8, 4) is 0 Å². The SMILES string of the molecule is CCC=P(O)(OC)OCC(N)C(=O)O. The third-order valence-electron chi connectivity index (χ3n) is 1.43. The van der Waals surface area contributed by atoms with Crippen molar-refractivity contribution in [3.05, 3.63) is 0 Å². The molecule has 7 heteroatoms. The highest BCUT2D eigenvalue weighted by atomic mass is 31.2. The van der Waals surface area contributed by atoms with E-state index in [1.807, 2.05) is 6.92 Å². The van der Waals surface area contributed by atoms with E-state index in [2.05, 4.69) is 0 Å². The van der Waals surface area contributed by atoms with Crippen LogP contribution in [0.15, 0.2) is 0 Å². The molecule has 0 spiro atoms. The average molecular weight is 225 g/mol. The molecule has 0 aliphatic carbocycles. The van der Waals surface area contributed by atoms with Crippen LogP contribution in [0.2, 0.25) is 0 Å². The van der Waals surface area contributed by atoms with Crippen LogP contribution in [0, 0.1) is 0 Å². The zero-order valence-corrected chi connectivity index (χ0v) is 9.11. The second-order valence-corrected chi connectivity index (χ2v) is 4.69. The summed E-state index contributed by atoms with van der Waals surface area (Å²) < 4.78 is 9.67. The minimum absolute atomic E-state index is 0.274. The molecule has 0 aromatic heterocycles. The smallest absolute Gasteiger partial charge is 0.322 e. The van der Waals surface area contributed by atoms with Gasteiger partial charge in [-0.15, -0.1) is 0 Å². The normalized spacial score (nSPS) is 17.1. The molecule has 2 unspecified atom stereocenters. The van der Waals surface area contributed by atoms with Gasteiger partial charge in [0.15, 0.2) is 0 Å². The molecule has 0 fully saturated rings. The first-order valence-corrected chi connectivity index (χ1v) is 5.74. The summed E-state index contributed by atoms with van der Waals surface area (Å²) in [5.74, 6) is 0.297. The van der Waals surface area contributed by atoms with E-state index >= 15 is 0 Å². The van der Waals surface area contributed by atoms with Crippen molar-refractivity contribution in [2.24, 2.45) is 5.73 Å². The van der Waals surface area contributed by atoms with Gasteiger partial charge in [0.05, 0.1) is 6.61 Å². The van der Waals surface area contributed by atoms with Crippen LogP contribution in [0.4, 0.5) is 0 Å². The van der Waals surface area contributed by atoms with Crippen LogP contribution in [0.3, 0.4) is 0 Å². The minimum Gasteiger partial charge on any atom is -0.480 e. The maximum absolute atomic E-state index is 10.3. The molecule has 0 aliphatic rings. The van der Waals surface area contributed by atoms with Crippen molar-refractivity contribution in [1.82, 2.24) is 0 Å². The standard InChI is InChI=1S/C7H16NO5P/c1-3-4-14(11,12-2)13-5-6(8)7(9)10/h4,6,11H,3,5,8H2,1-2H3,(H,9,10). The molecular formula is C7H16NO5P. The summed E-state index contributed by atoms with van der Waals surface area (Å²) in [6, 6.07) is -1.15. The lowest BCUT2D eigenvalue weighted by Crippen LogP contribution is -2.34. The Kier molecular flexibility index (Phi) is 5.99. The number of hydrogen-bond acceptors (Lipinski definition) is 5. The highest BCUT2D eigenvalue weighted by molar-refractivity contribution is 7.60. The molecule has 0 saturated heterocycles. The Morgan fingerprint density at radius 3 is 2.64 bits per heavy atom. The summed E-state index contributed by atoms with van der Waals surface area (Å²) in [6.45, 7) is 1.54. The fourth-order valence-corrected chi connectivity index (χ4v) is 1.86. The van der Waals surface area contributed by atoms with E-state index in [-0.39, 0.29) is 6.61 Å². The van der Waals surface area contributed by atoms with Gasteiger partial charge in [-0.25, -0.2) is 0 Å². The van der Waals surface area contributed by atoms with Gasteiger partial charge < -0.3 is 24.8 Å². The first-order chi connectivity index (χ1) is 6.45. The Labute approximate surface area is 82.8 Å². The molecule has 14 heavy (non-hydrogen) atoms. The lowest BCUT2D eigenvalue weighted by atomic mass is 10.3. The van der Waals surface area contributed by atoms with Gasteiger partial charge in [0, 0.05) is 7.11 Å². The van der Waals surface area contributed by atoms with Crippen LogP contribution in [0.25, 0.3) is 0 Å². The zero-order chi connectivity index (χ0) is 11.2. The lowest BCUT2D eigenvalue weighted by Gasteiger charge is -2.18. The Bertz CT molecular complexity index is 242. The van der Waals surface area contributed by atoms with E-state index in [1.165, 1.54) is 12.9 Å². The van der Waals surface area contributed by atoms with Crippen LogP contribution < -0.4 is 5.73 Å². The molecule has 2 atom stereocenters. The van der Waals surface area contributed by atoms with Gasteiger partial charge >= 0.3 is 5.97 Å². The van der Waals surface area contributed by atoms with Crippen LogP contribution in [-0.2, 0) is 13.8 Å². The molecule has 0 aromatic rings. The maximum atomic E-state index is 10.3. The van der Waals surface area contributed by atoms with Crippen LogP contribution >= 0.6 is 7.57 Å². The van der Waals surface area contributed by atoms with E-state index < -0.39 is 19.6 Å². The number of carbonyl (C=O) groups is 1. The average Bonchev–Trinajstić information content (AvgIpc) is 2.14. The third kappa shape index (κ3) is 4.74. The molecule has 0 bridgehead atoms. The number of carboxylic acids is 1. The van der Waals surface area contributed by atoms with Gasteiger partial charge in [-0.2, -0.15) is 0 Å². The van der Waals surface area contributed by atoms with E-state index in [9.17, 15) is 9.69 Å². The zero-order valence-electron chi connectivity index (χ0n) is 8.21. The molecule has 6 nitrogen and oxygen atoms in total. The van der Waals surface area contributed by atoms with Crippen LogP contribution in [-0.4, -0.2) is 41.5 Å². The lowest BCUT2D eigenvalue weighted by molar-refractivity contribution is -0.139. The summed E-state index contributed by atoms with van der Waals surface area (Å²) in [6.07, 6.45) is 0.570. The number of hydrogen-bond donors (Lipinski definition) is 3. The molecule has 84 valence electrons. The van der Waals surface area contributed by atoms with Crippen molar-refractivity contribution in [2.75, 3.05) is 13.7 Å². The topological polar surface area (TPSA) is 102 Å². The molecule has 4 N–H and O–H groups in total. The van der Waals surface area contributed by atoms with Crippen molar-refractivity contribution in [3.63, 3.8) is 0 Å². The second kappa shape index (κ2) is 6.16. The minimum atomic E-state index is -3.01. The van der Waals surface area contributed by atoms with E-state index in [1.54, 1.807) is 0 Å². The summed E-state index contributed by atoms with van der Waals surface area (Å²) in [5, 5.41) is 8.46. The highest BCUT2D eigenvalue weighted by Gasteiger charge is 2.18. The predicted molar refractivity (Wildman–Crippen MR) is 54.1 cm³/mol. The number of aliphatic carboxylic acids is 1. The van der Waals surface area contributed by atoms with Crippen LogP contribution in [0.5, 0.6) is 0 Å². The third-order valence-corrected chi connectivity index (χ3v) is 3.30. The first kappa shape index (κ1) is 13.6. The summed E-state index contributed by atoms with van der Waals surface area (Å²) in [4.78, 5) is 20.0. The van der Waals surface area contributed by atoms with Gasteiger partial charge in [-0.1, -0.05) is 6.92 Å². The van der Waals surface area contributed by atoms with Gasteiger partial charge in [-0.05, 0) is 12.2 Å². The fourth-order valence-electron chi connectivity index (χ4n) is 0.669. The summed E-state index contributed by atoms with van der Waals surface area (Å²) >= 11 is 0. The highest BCUT2D eigenvalue weighted by Crippen LogP contribution is 2.43. The van der Waals surface area contributed by atoms with Crippen molar-refractivity contribution < 1.29 is 23.8 Å². The Morgan fingerprint density at radius 2 is 2.29 bits per heavy atom. The van der Waals surface area contributed by atoms with E-state index in [0.717, 1.165) is 0 Å². The molecule has 0 aromatic carbocycles. The van der Waals surface area contributed by atoms with Gasteiger partial charge in [-0.3, -0.25) is 4.79 Å². The molecule has 0 saturated carbocycles. The summed E-state index contributed by atoms with van der Waals surface area (Å²) in [5.41, 5.74) is 5.19. The van der Waals surface area contributed by atoms with Crippen LogP contribution in [0.1, 0.15) is 13.3 Å². The van der Waals surface area contributed by atoms with Gasteiger partial charge in [0.1, 0.15) is 6.04 Å². The quantitative estimate of drug-likeness (QED) is 0.551.